The summed E-state index contributed by atoms with van der Waals surface area (Å²) in [5.41, 5.74) is 1.41. The second-order valence-electron chi connectivity index (χ2n) is 3.86. The van der Waals surface area contributed by atoms with Crippen LogP contribution in [0.2, 0.25) is 0 Å². The van der Waals surface area contributed by atoms with Crippen molar-refractivity contribution in [2.75, 3.05) is 7.11 Å². The molecule has 0 aliphatic heterocycles. The van der Waals surface area contributed by atoms with Gasteiger partial charge in [0.05, 0.1) is 12.7 Å². The number of benzene rings is 1. The zero-order chi connectivity index (χ0) is 13.1. The van der Waals surface area contributed by atoms with Gasteiger partial charge in [0.1, 0.15) is 11.6 Å². The average molecular weight is 245 g/mol. The third-order valence-electron chi connectivity index (χ3n) is 2.56. The van der Waals surface area contributed by atoms with E-state index in [1.807, 2.05) is 0 Å². The molecule has 0 spiro atoms. The minimum Gasteiger partial charge on any atom is -0.496 e. The number of nitrogens with zero attached hydrogens (tertiary/aromatic N) is 1. The lowest BCUT2D eigenvalue weighted by atomic mass is 10.0. The van der Waals surface area contributed by atoms with Crippen molar-refractivity contribution < 1.29 is 13.9 Å². The highest BCUT2D eigenvalue weighted by atomic mass is 19.1. The lowest BCUT2D eigenvalue weighted by molar-refractivity contribution is 0.103. The van der Waals surface area contributed by atoms with Gasteiger partial charge in [0.25, 0.3) is 0 Å². The van der Waals surface area contributed by atoms with Crippen LogP contribution in [0.3, 0.4) is 0 Å². The van der Waals surface area contributed by atoms with Gasteiger partial charge in [0, 0.05) is 17.5 Å². The van der Waals surface area contributed by atoms with E-state index in [4.69, 9.17) is 4.74 Å². The van der Waals surface area contributed by atoms with Crippen molar-refractivity contribution in [1.29, 1.82) is 0 Å². The van der Waals surface area contributed by atoms with Crippen LogP contribution in [0.25, 0.3) is 0 Å². The second kappa shape index (κ2) is 4.96. The number of ether oxygens (including phenoxy) is 1. The SMILES string of the molecule is COc1ccc(F)cc1C(=O)c1ccnc(C)c1. The maximum absolute atomic E-state index is 13.2. The van der Waals surface area contributed by atoms with Gasteiger partial charge in [-0.3, -0.25) is 9.78 Å². The number of hydrogen-bond acceptors (Lipinski definition) is 3. The molecule has 1 heterocycles. The van der Waals surface area contributed by atoms with E-state index in [9.17, 15) is 9.18 Å². The molecule has 1 aromatic carbocycles. The summed E-state index contributed by atoms with van der Waals surface area (Å²) in [6.07, 6.45) is 1.55. The molecular formula is C14H12FNO2. The van der Waals surface area contributed by atoms with Crippen LogP contribution in [-0.2, 0) is 0 Å². The first-order valence-corrected chi connectivity index (χ1v) is 5.42. The van der Waals surface area contributed by atoms with Crippen LogP contribution >= 0.6 is 0 Å². The lowest BCUT2D eigenvalue weighted by Gasteiger charge is -2.07. The molecule has 0 unspecified atom stereocenters. The Morgan fingerprint density at radius 2 is 2.06 bits per heavy atom. The van der Waals surface area contributed by atoms with E-state index in [1.165, 1.54) is 25.3 Å². The molecule has 92 valence electrons. The maximum Gasteiger partial charge on any atom is 0.196 e. The Balaban J connectivity index is 2.48. The minimum absolute atomic E-state index is 0.211. The molecule has 1 aromatic heterocycles. The Labute approximate surface area is 104 Å². The van der Waals surface area contributed by atoms with Crippen LogP contribution in [0.4, 0.5) is 4.39 Å². The molecule has 0 N–H and O–H groups in total. The van der Waals surface area contributed by atoms with Gasteiger partial charge in [0.2, 0.25) is 0 Å². The van der Waals surface area contributed by atoms with Crippen molar-refractivity contribution in [3.05, 3.63) is 59.2 Å². The monoisotopic (exact) mass is 245 g/mol. The smallest absolute Gasteiger partial charge is 0.196 e. The second-order valence-corrected chi connectivity index (χ2v) is 3.86. The molecule has 0 aliphatic rings. The summed E-state index contributed by atoms with van der Waals surface area (Å²) in [6.45, 7) is 1.79. The number of carbonyl (C=O) groups is 1. The number of pyridine rings is 1. The van der Waals surface area contributed by atoms with Gasteiger partial charge in [-0.05, 0) is 37.3 Å². The highest BCUT2D eigenvalue weighted by molar-refractivity contribution is 6.10. The van der Waals surface area contributed by atoms with Crippen molar-refractivity contribution in [1.82, 2.24) is 4.98 Å². The minimum atomic E-state index is -0.468. The highest BCUT2D eigenvalue weighted by Gasteiger charge is 2.15. The zero-order valence-corrected chi connectivity index (χ0v) is 10.1. The Kier molecular flexibility index (Phi) is 3.37. The Morgan fingerprint density at radius 3 is 2.72 bits per heavy atom. The normalized spacial score (nSPS) is 10.2. The molecule has 0 amide bonds. The van der Waals surface area contributed by atoms with Gasteiger partial charge in [-0.25, -0.2) is 4.39 Å². The van der Waals surface area contributed by atoms with Crippen LogP contribution in [-0.4, -0.2) is 17.9 Å². The fourth-order valence-electron chi connectivity index (χ4n) is 1.70. The number of aromatic nitrogens is 1. The van der Waals surface area contributed by atoms with Crippen LogP contribution in [0.5, 0.6) is 5.75 Å². The molecule has 2 rings (SSSR count). The van der Waals surface area contributed by atoms with Crippen LogP contribution in [0.15, 0.2) is 36.5 Å². The van der Waals surface area contributed by atoms with Gasteiger partial charge in [-0.15, -0.1) is 0 Å². The number of aryl methyl sites for hydroxylation is 1. The predicted octanol–water partition coefficient (Wildman–Crippen LogP) is 2.77. The van der Waals surface area contributed by atoms with E-state index < -0.39 is 5.82 Å². The molecule has 0 radical (unpaired) electrons. The van der Waals surface area contributed by atoms with E-state index in [-0.39, 0.29) is 11.3 Å². The predicted molar refractivity (Wildman–Crippen MR) is 65.4 cm³/mol. The first-order valence-electron chi connectivity index (χ1n) is 5.42. The Bertz CT molecular complexity index is 596. The van der Waals surface area contributed by atoms with E-state index in [2.05, 4.69) is 4.98 Å². The summed E-state index contributed by atoms with van der Waals surface area (Å²) < 4.78 is 18.3. The number of methoxy groups -OCH3 is 1. The van der Waals surface area contributed by atoms with Crippen molar-refractivity contribution in [2.45, 2.75) is 6.92 Å². The van der Waals surface area contributed by atoms with Gasteiger partial charge < -0.3 is 4.74 Å². The molecule has 3 nitrogen and oxygen atoms in total. The lowest BCUT2D eigenvalue weighted by Crippen LogP contribution is -2.05. The maximum atomic E-state index is 13.2. The van der Waals surface area contributed by atoms with Crippen molar-refractivity contribution in [3.8, 4) is 5.75 Å². The molecule has 0 bridgehead atoms. The molecular weight excluding hydrogens is 233 g/mol. The summed E-state index contributed by atoms with van der Waals surface area (Å²) in [5, 5.41) is 0. The van der Waals surface area contributed by atoms with Crippen molar-refractivity contribution >= 4 is 5.78 Å². The number of ketones is 1. The summed E-state index contributed by atoms with van der Waals surface area (Å²) in [4.78, 5) is 16.3. The highest BCUT2D eigenvalue weighted by Crippen LogP contribution is 2.22. The average Bonchev–Trinajstić information content (AvgIpc) is 2.38. The van der Waals surface area contributed by atoms with Gasteiger partial charge in [0.15, 0.2) is 5.78 Å². The zero-order valence-electron chi connectivity index (χ0n) is 10.1. The van der Waals surface area contributed by atoms with Crippen LogP contribution < -0.4 is 4.74 Å². The Morgan fingerprint density at radius 1 is 1.28 bits per heavy atom. The third-order valence-corrected chi connectivity index (χ3v) is 2.56. The fraction of sp³-hybridized carbons (Fsp3) is 0.143. The van der Waals surface area contributed by atoms with Gasteiger partial charge in [-0.2, -0.15) is 0 Å². The number of carbonyl (C=O) groups excluding carboxylic acids is 1. The summed E-state index contributed by atoms with van der Waals surface area (Å²) in [6, 6.07) is 7.13. The number of rotatable bonds is 3. The van der Waals surface area contributed by atoms with Crippen molar-refractivity contribution in [3.63, 3.8) is 0 Å². The summed E-state index contributed by atoms with van der Waals surface area (Å²) in [5.74, 6) is -0.391. The fourth-order valence-corrected chi connectivity index (χ4v) is 1.70. The first-order chi connectivity index (χ1) is 8.61. The molecule has 0 saturated carbocycles. The van der Waals surface area contributed by atoms with E-state index in [0.717, 1.165) is 5.69 Å². The number of hydrogen-bond donors (Lipinski definition) is 0. The van der Waals surface area contributed by atoms with Gasteiger partial charge >= 0.3 is 0 Å². The van der Waals surface area contributed by atoms with Crippen LogP contribution in [0.1, 0.15) is 21.6 Å². The number of halogens is 1. The van der Waals surface area contributed by atoms with E-state index >= 15 is 0 Å². The molecule has 0 fully saturated rings. The first kappa shape index (κ1) is 12.2. The largest absolute Gasteiger partial charge is 0.496 e. The summed E-state index contributed by atoms with van der Waals surface area (Å²) in [7, 11) is 1.45. The quantitative estimate of drug-likeness (QED) is 0.780. The van der Waals surface area contributed by atoms with E-state index in [0.29, 0.717) is 11.3 Å². The molecule has 0 saturated heterocycles. The molecule has 0 atom stereocenters. The Hall–Kier alpha value is -2.23. The van der Waals surface area contributed by atoms with Crippen LogP contribution in [0, 0.1) is 12.7 Å². The summed E-state index contributed by atoms with van der Waals surface area (Å²) >= 11 is 0. The van der Waals surface area contributed by atoms with E-state index in [1.54, 1.807) is 25.3 Å². The third kappa shape index (κ3) is 2.37. The topological polar surface area (TPSA) is 39.2 Å². The molecule has 18 heavy (non-hydrogen) atoms. The standard InChI is InChI=1S/C14H12FNO2/c1-9-7-10(5-6-16-9)14(17)12-8-11(15)3-4-13(12)18-2/h3-8H,1-2H3. The molecule has 2 aromatic rings. The van der Waals surface area contributed by atoms with Crippen molar-refractivity contribution in [2.24, 2.45) is 0 Å². The van der Waals surface area contributed by atoms with Gasteiger partial charge in [-0.1, -0.05) is 0 Å². The molecule has 0 aliphatic carbocycles. The molecule has 4 heteroatoms.